The zero-order chi connectivity index (χ0) is 27.9. The maximum Gasteiger partial charge on any atom is 0.329 e. The van der Waals surface area contributed by atoms with E-state index in [9.17, 15) is 18.0 Å². The van der Waals surface area contributed by atoms with Gasteiger partial charge >= 0.3 is 5.97 Å². The zero-order valence-electron chi connectivity index (χ0n) is 22.9. The minimum absolute atomic E-state index is 0.180. The van der Waals surface area contributed by atoms with Crippen LogP contribution in [-0.2, 0) is 19.6 Å². The molecule has 0 spiro atoms. The van der Waals surface area contributed by atoms with Gasteiger partial charge < -0.3 is 14.5 Å². The Hall–Kier alpha value is -3.21. The number of anilines is 2. The number of carbonyl (C=O) groups is 2. The van der Waals surface area contributed by atoms with E-state index in [2.05, 4.69) is 40.4 Å². The molecule has 11 heteroatoms. The summed E-state index contributed by atoms with van der Waals surface area (Å²) in [5.74, 6) is 0.0517. The summed E-state index contributed by atoms with van der Waals surface area (Å²) in [6, 6.07) is 7.16. The molecule has 2 aromatic rings. The van der Waals surface area contributed by atoms with Gasteiger partial charge in [-0.15, -0.1) is 0 Å². The molecule has 2 fully saturated rings. The minimum atomic E-state index is -4.31. The van der Waals surface area contributed by atoms with Crippen molar-refractivity contribution in [1.82, 2.24) is 14.7 Å². The first kappa shape index (κ1) is 27.8. The monoisotopic (exact) mass is 543 g/mol. The second kappa shape index (κ2) is 10.2. The maximum absolute atomic E-state index is 13.3. The topological polar surface area (TPSA) is 122 Å². The van der Waals surface area contributed by atoms with Gasteiger partial charge in [0.25, 0.3) is 15.9 Å². The highest BCUT2D eigenvalue weighted by Crippen LogP contribution is 2.37. The molecule has 0 saturated carbocycles. The summed E-state index contributed by atoms with van der Waals surface area (Å²) in [5.41, 5.74) is -0.682. The summed E-state index contributed by atoms with van der Waals surface area (Å²) in [5, 5.41) is -0.307. The number of amides is 1. The molecule has 2 aromatic heterocycles. The normalized spacial score (nSPS) is 21.4. The largest absolute Gasteiger partial charge is 0.458 e. The Bertz CT molecular complexity index is 1320. The first-order valence-electron chi connectivity index (χ1n) is 12.9. The fourth-order valence-corrected chi connectivity index (χ4v) is 6.28. The first-order valence-corrected chi connectivity index (χ1v) is 14.4. The maximum atomic E-state index is 13.3. The van der Waals surface area contributed by atoms with Crippen LogP contribution in [0.15, 0.2) is 41.6 Å². The Morgan fingerprint density at radius 1 is 1.16 bits per heavy atom. The van der Waals surface area contributed by atoms with E-state index in [-0.39, 0.29) is 22.1 Å². The van der Waals surface area contributed by atoms with E-state index in [1.54, 1.807) is 56.1 Å². The van der Waals surface area contributed by atoms with Gasteiger partial charge in [-0.1, -0.05) is 13.0 Å². The highest BCUT2D eigenvalue weighted by molar-refractivity contribution is 7.90. The lowest BCUT2D eigenvalue weighted by Crippen LogP contribution is -2.41. The smallest absolute Gasteiger partial charge is 0.329 e. The Labute approximate surface area is 224 Å². The van der Waals surface area contributed by atoms with Gasteiger partial charge in [-0.05, 0) is 84.1 Å². The molecule has 1 N–H and O–H groups in total. The summed E-state index contributed by atoms with van der Waals surface area (Å²) in [4.78, 5) is 38.6. The fourth-order valence-electron chi connectivity index (χ4n) is 5.35. The number of hydrogen-bond donors (Lipinski definition) is 1. The molecule has 206 valence electrons. The number of hydrogen-bond acceptors (Lipinski definition) is 9. The van der Waals surface area contributed by atoms with Crippen LogP contribution in [-0.4, -0.2) is 60.5 Å². The summed E-state index contributed by atoms with van der Waals surface area (Å²) in [6.07, 6.45) is 3.86. The number of nitrogens with zero attached hydrogens (tertiary/aromatic N) is 4. The average molecular weight is 544 g/mol. The number of sulfonamides is 1. The molecule has 2 saturated heterocycles. The number of pyridine rings is 2. The SMILES string of the molecule is CC1CN(c2ncccc2C(=O)NS(=O)(=O)c2cccc(N3CCC[C@@H]3C(=O)OC(C)(C)C)n2)C(C)(C)C1. The second-order valence-corrected chi connectivity index (χ2v) is 13.4. The lowest BCUT2D eigenvalue weighted by Gasteiger charge is -2.33. The summed E-state index contributed by atoms with van der Waals surface area (Å²) < 4.78 is 34.2. The van der Waals surface area contributed by atoms with Gasteiger partial charge in [-0.3, -0.25) is 4.79 Å². The molecule has 4 heterocycles. The third-order valence-electron chi connectivity index (χ3n) is 6.80. The van der Waals surface area contributed by atoms with E-state index in [4.69, 9.17) is 4.74 Å². The molecule has 2 aliphatic rings. The minimum Gasteiger partial charge on any atom is -0.458 e. The van der Waals surface area contributed by atoms with E-state index in [0.29, 0.717) is 30.5 Å². The molecule has 2 aliphatic heterocycles. The lowest BCUT2D eigenvalue weighted by atomic mass is 9.97. The molecule has 0 radical (unpaired) electrons. The van der Waals surface area contributed by atoms with Crippen LogP contribution in [0.1, 0.15) is 71.2 Å². The highest BCUT2D eigenvalue weighted by atomic mass is 32.2. The van der Waals surface area contributed by atoms with E-state index in [0.717, 1.165) is 19.4 Å². The van der Waals surface area contributed by atoms with Crippen molar-refractivity contribution in [1.29, 1.82) is 0 Å². The van der Waals surface area contributed by atoms with Crippen molar-refractivity contribution in [2.24, 2.45) is 5.92 Å². The van der Waals surface area contributed by atoms with Crippen LogP contribution in [0, 0.1) is 5.92 Å². The number of ether oxygens (including phenoxy) is 1. The number of aromatic nitrogens is 2. The van der Waals surface area contributed by atoms with E-state index in [1.807, 2.05) is 0 Å². The summed E-state index contributed by atoms with van der Waals surface area (Å²) in [7, 11) is -4.31. The van der Waals surface area contributed by atoms with Gasteiger partial charge in [0.1, 0.15) is 23.3 Å². The molecule has 4 rings (SSSR count). The van der Waals surface area contributed by atoms with Crippen molar-refractivity contribution >= 4 is 33.5 Å². The van der Waals surface area contributed by atoms with Crippen LogP contribution in [0.2, 0.25) is 0 Å². The second-order valence-electron chi connectivity index (χ2n) is 11.8. The number of carbonyl (C=O) groups excluding carboxylic acids is 2. The lowest BCUT2D eigenvalue weighted by molar-refractivity contribution is -0.156. The number of rotatable bonds is 6. The molecule has 1 amide bonds. The van der Waals surface area contributed by atoms with Crippen molar-refractivity contribution in [2.45, 2.75) is 83.0 Å². The van der Waals surface area contributed by atoms with Crippen molar-refractivity contribution in [2.75, 3.05) is 22.9 Å². The van der Waals surface area contributed by atoms with Crippen LogP contribution in [0.3, 0.4) is 0 Å². The van der Waals surface area contributed by atoms with Gasteiger partial charge in [-0.25, -0.2) is 19.5 Å². The van der Waals surface area contributed by atoms with Crippen LogP contribution in [0.25, 0.3) is 0 Å². The number of esters is 1. The number of nitrogens with one attached hydrogen (secondary N) is 1. The molecular formula is C27H37N5O5S. The fraction of sp³-hybridized carbons (Fsp3) is 0.556. The predicted octanol–water partition coefficient (Wildman–Crippen LogP) is 3.53. The predicted molar refractivity (Wildman–Crippen MR) is 145 cm³/mol. The van der Waals surface area contributed by atoms with Crippen molar-refractivity contribution in [3.8, 4) is 0 Å². The van der Waals surface area contributed by atoms with Gasteiger partial charge in [-0.2, -0.15) is 8.42 Å². The average Bonchev–Trinajstić information content (AvgIpc) is 3.41. The van der Waals surface area contributed by atoms with Gasteiger partial charge in [0.05, 0.1) is 5.56 Å². The van der Waals surface area contributed by atoms with Crippen LogP contribution < -0.4 is 14.5 Å². The van der Waals surface area contributed by atoms with Gasteiger partial charge in [0, 0.05) is 24.8 Å². The third kappa shape index (κ3) is 5.92. The molecule has 10 nitrogen and oxygen atoms in total. The summed E-state index contributed by atoms with van der Waals surface area (Å²) >= 11 is 0. The van der Waals surface area contributed by atoms with Crippen molar-refractivity contribution in [3.63, 3.8) is 0 Å². The standard InChI is InChI=1S/C27H37N5O5S/c1-18-16-27(5,6)32(17-18)23-19(10-8-14-28-23)24(33)30-38(35,36)22-13-7-12-21(29-22)31-15-9-11-20(31)25(34)37-26(2,3)4/h7-8,10,12-14,18,20H,9,11,15-17H2,1-6H3,(H,30,33)/t18?,20-/m1/s1. The molecular weight excluding hydrogens is 506 g/mol. The Balaban J connectivity index is 1.57. The Morgan fingerprint density at radius 2 is 1.89 bits per heavy atom. The molecule has 0 bridgehead atoms. The van der Waals surface area contributed by atoms with Crippen LogP contribution in [0.4, 0.5) is 11.6 Å². The Kier molecular flexibility index (Phi) is 7.44. The van der Waals surface area contributed by atoms with E-state index in [1.165, 1.54) is 6.07 Å². The molecule has 0 aromatic carbocycles. The quantitative estimate of drug-likeness (QED) is 0.545. The van der Waals surface area contributed by atoms with Gasteiger partial charge in [0.2, 0.25) is 0 Å². The molecule has 38 heavy (non-hydrogen) atoms. The summed E-state index contributed by atoms with van der Waals surface area (Å²) in [6.45, 7) is 13.0. The van der Waals surface area contributed by atoms with Crippen LogP contribution in [0.5, 0.6) is 0 Å². The third-order valence-corrected chi connectivity index (χ3v) is 8.03. The van der Waals surface area contributed by atoms with Crippen molar-refractivity contribution < 1.29 is 22.7 Å². The first-order chi connectivity index (χ1) is 17.7. The van der Waals surface area contributed by atoms with Crippen molar-refractivity contribution in [3.05, 3.63) is 42.1 Å². The van der Waals surface area contributed by atoms with E-state index < -0.39 is 27.6 Å². The molecule has 1 unspecified atom stereocenters. The zero-order valence-corrected chi connectivity index (χ0v) is 23.7. The Morgan fingerprint density at radius 3 is 2.55 bits per heavy atom. The van der Waals surface area contributed by atoms with Gasteiger partial charge in [0.15, 0.2) is 5.03 Å². The highest BCUT2D eigenvalue weighted by Gasteiger charge is 2.39. The van der Waals surface area contributed by atoms with Crippen LogP contribution >= 0.6 is 0 Å². The molecule has 0 aliphatic carbocycles. The molecule has 2 atom stereocenters. The van der Waals surface area contributed by atoms with E-state index >= 15 is 0 Å².